The van der Waals surface area contributed by atoms with E-state index in [1.165, 1.54) is 28.1 Å². The first-order valence-corrected chi connectivity index (χ1v) is 13.0. The van der Waals surface area contributed by atoms with E-state index in [4.69, 9.17) is 4.74 Å². The maximum atomic E-state index is 14.6. The third-order valence-electron chi connectivity index (χ3n) is 5.56. The van der Waals surface area contributed by atoms with Crippen molar-refractivity contribution in [3.8, 4) is 10.6 Å². The number of ether oxygens (including phenoxy) is 1. The Morgan fingerprint density at radius 2 is 1.81 bits per heavy atom. The number of halogens is 1. The van der Waals surface area contributed by atoms with Crippen molar-refractivity contribution in [3.05, 3.63) is 17.7 Å². The zero-order chi connectivity index (χ0) is 22.0. The van der Waals surface area contributed by atoms with Crippen LogP contribution in [-0.2, 0) is 14.8 Å². The van der Waals surface area contributed by atoms with Gasteiger partial charge in [-0.2, -0.15) is 0 Å². The van der Waals surface area contributed by atoms with E-state index in [1.807, 2.05) is 6.92 Å². The van der Waals surface area contributed by atoms with Gasteiger partial charge in [0.1, 0.15) is 5.69 Å². The van der Waals surface area contributed by atoms with Crippen molar-refractivity contribution in [1.82, 2.24) is 19.3 Å². The number of aryl methyl sites for hydroxylation is 1. The molecule has 2 aromatic rings. The van der Waals surface area contributed by atoms with E-state index in [0.717, 1.165) is 31.2 Å². The number of rotatable bonds is 6. The van der Waals surface area contributed by atoms with Crippen LogP contribution in [0.3, 0.4) is 0 Å². The molecular weight excluding hydrogens is 443 g/mol. The van der Waals surface area contributed by atoms with Gasteiger partial charge in [-0.05, 0) is 32.6 Å². The maximum absolute atomic E-state index is 14.6. The van der Waals surface area contributed by atoms with Crippen LogP contribution >= 0.6 is 11.3 Å². The molecule has 170 valence electrons. The summed E-state index contributed by atoms with van der Waals surface area (Å²) < 4.78 is 44.8. The molecule has 4 rings (SSSR count). The van der Waals surface area contributed by atoms with Gasteiger partial charge >= 0.3 is 0 Å². The molecule has 2 aliphatic rings. The third-order valence-corrected chi connectivity index (χ3v) is 7.96. The molecule has 0 amide bonds. The summed E-state index contributed by atoms with van der Waals surface area (Å²) >= 11 is 1.38. The molecule has 0 aliphatic carbocycles. The fourth-order valence-corrected chi connectivity index (χ4v) is 5.71. The Morgan fingerprint density at radius 1 is 1.13 bits per heavy atom. The van der Waals surface area contributed by atoms with Crippen LogP contribution in [0, 0.1) is 12.7 Å². The molecule has 2 aliphatic heterocycles. The smallest absolute Gasteiger partial charge is 0.223 e. The lowest BCUT2D eigenvalue weighted by atomic mass is 10.1. The number of nitrogens with one attached hydrogen (secondary N) is 2. The minimum absolute atomic E-state index is 0.0321. The van der Waals surface area contributed by atoms with E-state index >= 15 is 0 Å². The van der Waals surface area contributed by atoms with E-state index in [0.29, 0.717) is 48.5 Å². The minimum atomic E-state index is -3.18. The number of piperidine rings is 1. The highest BCUT2D eigenvalue weighted by atomic mass is 32.2. The average Bonchev–Trinajstić information content (AvgIpc) is 3.09. The molecule has 31 heavy (non-hydrogen) atoms. The van der Waals surface area contributed by atoms with E-state index in [-0.39, 0.29) is 11.7 Å². The van der Waals surface area contributed by atoms with Gasteiger partial charge in [0.2, 0.25) is 16.0 Å². The zero-order valence-electron chi connectivity index (χ0n) is 17.6. The number of aromatic nitrogens is 3. The summed E-state index contributed by atoms with van der Waals surface area (Å²) in [5.41, 5.74) is 0.936. The largest absolute Gasteiger partial charge is 0.381 e. The van der Waals surface area contributed by atoms with Crippen LogP contribution in [0.4, 0.5) is 15.5 Å². The van der Waals surface area contributed by atoms with Crippen molar-refractivity contribution >= 4 is 32.4 Å². The predicted octanol–water partition coefficient (Wildman–Crippen LogP) is 2.47. The lowest BCUT2D eigenvalue weighted by molar-refractivity contribution is 0.0904. The molecule has 12 heteroatoms. The second kappa shape index (κ2) is 9.31. The second-order valence-corrected chi connectivity index (χ2v) is 10.9. The van der Waals surface area contributed by atoms with Crippen LogP contribution in [-0.4, -0.2) is 72.3 Å². The van der Waals surface area contributed by atoms with Crippen molar-refractivity contribution in [2.45, 2.75) is 44.7 Å². The van der Waals surface area contributed by atoms with Crippen LogP contribution in [0.2, 0.25) is 0 Å². The molecule has 4 heterocycles. The topological polar surface area (TPSA) is 109 Å². The summed E-state index contributed by atoms with van der Waals surface area (Å²) in [6, 6.07) is 0.335. The van der Waals surface area contributed by atoms with Crippen LogP contribution in [0.15, 0.2) is 6.20 Å². The van der Waals surface area contributed by atoms with E-state index in [2.05, 4.69) is 25.6 Å². The fraction of sp³-hybridized carbons (Fsp3) is 0.632. The number of nitrogens with zero attached hydrogens (tertiary/aromatic N) is 4. The normalized spacial score (nSPS) is 19.5. The van der Waals surface area contributed by atoms with Crippen LogP contribution in [0.5, 0.6) is 0 Å². The Morgan fingerprint density at radius 3 is 2.48 bits per heavy atom. The molecule has 0 radical (unpaired) electrons. The predicted molar refractivity (Wildman–Crippen MR) is 118 cm³/mol. The molecular formula is C19H27FN6O3S2. The monoisotopic (exact) mass is 470 g/mol. The fourth-order valence-electron chi connectivity index (χ4n) is 3.80. The quantitative estimate of drug-likeness (QED) is 0.663. The molecule has 2 saturated heterocycles. The molecule has 0 unspecified atom stereocenters. The summed E-state index contributed by atoms with van der Waals surface area (Å²) in [5, 5.41) is 7.40. The van der Waals surface area contributed by atoms with Crippen molar-refractivity contribution in [2.75, 3.05) is 43.2 Å². The molecule has 2 N–H and O–H groups in total. The van der Waals surface area contributed by atoms with Gasteiger partial charge in [0.05, 0.1) is 23.0 Å². The molecule has 9 nitrogen and oxygen atoms in total. The number of anilines is 2. The maximum Gasteiger partial charge on any atom is 0.223 e. The van der Waals surface area contributed by atoms with Gasteiger partial charge < -0.3 is 15.4 Å². The van der Waals surface area contributed by atoms with E-state index in [9.17, 15) is 12.8 Å². The molecule has 0 bridgehead atoms. The highest BCUT2D eigenvalue weighted by Crippen LogP contribution is 2.34. The SMILES string of the molecule is Cc1nc(NC2CCOCC2)sc1-c1nc(NC2CCN(S(C)(=O)=O)CC2)ncc1F. The Labute approximate surface area is 185 Å². The highest BCUT2D eigenvalue weighted by molar-refractivity contribution is 7.88. The van der Waals surface area contributed by atoms with Crippen molar-refractivity contribution in [2.24, 2.45) is 0 Å². The Balaban J connectivity index is 1.46. The summed E-state index contributed by atoms with van der Waals surface area (Å²) in [5.74, 6) is -0.164. The summed E-state index contributed by atoms with van der Waals surface area (Å²) in [6.45, 7) is 4.19. The average molecular weight is 471 g/mol. The first kappa shape index (κ1) is 22.3. The van der Waals surface area contributed by atoms with Crippen LogP contribution in [0.1, 0.15) is 31.4 Å². The third kappa shape index (κ3) is 5.48. The number of hydrogen-bond acceptors (Lipinski definition) is 9. The van der Waals surface area contributed by atoms with E-state index in [1.54, 1.807) is 0 Å². The first-order chi connectivity index (χ1) is 14.8. The standard InChI is InChI=1S/C19H27FN6O3S2/c1-12-17(30-19(22-12)24-14-5-9-29-10-6-14)16-15(20)11-21-18(25-16)23-13-3-7-26(8-4-13)31(2,27)28/h11,13-14H,3-10H2,1-2H3,(H,22,24)(H,21,23,25). The summed E-state index contributed by atoms with van der Waals surface area (Å²) in [7, 11) is -3.18. The number of hydrogen-bond donors (Lipinski definition) is 2. The minimum Gasteiger partial charge on any atom is -0.381 e. The van der Waals surface area contributed by atoms with Gasteiger partial charge in [0.25, 0.3) is 0 Å². The van der Waals surface area contributed by atoms with Gasteiger partial charge in [0, 0.05) is 38.4 Å². The lowest BCUT2D eigenvalue weighted by Crippen LogP contribution is -2.42. The number of thiazole rings is 1. The van der Waals surface area contributed by atoms with Crippen molar-refractivity contribution in [1.29, 1.82) is 0 Å². The second-order valence-electron chi connectivity index (χ2n) is 7.94. The van der Waals surface area contributed by atoms with Gasteiger partial charge in [-0.15, -0.1) is 0 Å². The van der Waals surface area contributed by atoms with Crippen LogP contribution < -0.4 is 10.6 Å². The Kier molecular flexibility index (Phi) is 6.70. The molecule has 0 atom stereocenters. The molecule has 0 spiro atoms. The van der Waals surface area contributed by atoms with Crippen molar-refractivity contribution in [3.63, 3.8) is 0 Å². The molecule has 2 fully saturated rings. The van der Waals surface area contributed by atoms with Crippen molar-refractivity contribution < 1.29 is 17.5 Å². The number of sulfonamides is 1. The Bertz CT molecular complexity index is 1020. The zero-order valence-corrected chi connectivity index (χ0v) is 19.2. The highest BCUT2D eigenvalue weighted by Gasteiger charge is 2.26. The van der Waals surface area contributed by atoms with Gasteiger partial charge in [-0.1, -0.05) is 11.3 Å². The van der Waals surface area contributed by atoms with Crippen LogP contribution in [0.25, 0.3) is 10.6 Å². The summed E-state index contributed by atoms with van der Waals surface area (Å²) in [6.07, 6.45) is 5.51. The van der Waals surface area contributed by atoms with Gasteiger partial charge in [-0.3, -0.25) is 0 Å². The van der Waals surface area contributed by atoms with Gasteiger partial charge in [-0.25, -0.2) is 32.1 Å². The Hall–Kier alpha value is -1.89. The molecule has 0 saturated carbocycles. The van der Waals surface area contributed by atoms with Gasteiger partial charge in [0.15, 0.2) is 10.9 Å². The molecule has 2 aromatic heterocycles. The lowest BCUT2D eigenvalue weighted by Gasteiger charge is -2.30. The van der Waals surface area contributed by atoms with E-state index < -0.39 is 15.8 Å². The molecule has 0 aromatic carbocycles. The first-order valence-electron chi connectivity index (χ1n) is 10.4. The summed E-state index contributed by atoms with van der Waals surface area (Å²) in [4.78, 5) is 13.7.